The molecule has 43 heavy (non-hydrogen) atoms. The Morgan fingerprint density at radius 3 is 1.95 bits per heavy atom. The van der Waals surface area contributed by atoms with Crippen LogP contribution >= 0.6 is 0 Å². The van der Waals surface area contributed by atoms with Gasteiger partial charge in [0.25, 0.3) is 0 Å². The zero-order valence-corrected chi connectivity index (χ0v) is 23.3. The molecule has 0 saturated heterocycles. The Balaban J connectivity index is 1.48. The Kier molecular flexibility index (Phi) is 5.20. The Morgan fingerprint density at radius 1 is 0.465 bits per heavy atom. The van der Waals surface area contributed by atoms with Gasteiger partial charge in [-0.1, -0.05) is 103 Å². The molecule has 0 aliphatic rings. The van der Waals surface area contributed by atoms with Crippen LogP contribution < -0.4 is 4.90 Å². The van der Waals surface area contributed by atoms with Crippen LogP contribution in [0, 0.1) is 0 Å². The number of rotatable bonds is 4. The van der Waals surface area contributed by atoms with Crippen LogP contribution in [-0.4, -0.2) is 4.57 Å². The summed E-state index contributed by atoms with van der Waals surface area (Å²) in [5, 5.41) is 6.96. The van der Waals surface area contributed by atoms with Crippen molar-refractivity contribution in [2.24, 2.45) is 0 Å². The summed E-state index contributed by atoms with van der Waals surface area (Å²) in [6, 6.07) is 55.9. The van der Waals surface area contributed by atoms with Crippen molar-refractivity contribution in [2.45, 2.75) is 0 Å². The molecule has 7 aromatic carbocycles. The number of furan rings is 1. The summed E-state index contributed by atoms with van der Waals surface area (Å²) in [7, 11) is 0. The molecule has 202 valence electrons. The number of nitrogens with zero attached hydrogens (tertiary/aromatic N) is 2. The first-order valence-electron chi connectivity index (χ1n) is 14.6. The standard InChI is InChI=1S/C40H26N2O/c1-3-15-28(16-4-1)41-33-22-11-9-20-31(33)38-34(41)23-13-24-35(38)42(29-17-5-2-6-18-29)40-30-19-8-7-14-27(30)26-37-39(40)32-21-10-12-25-36(32)43-37/h1-26H. The third-order valence-corrected chi connectivity index (χ3v) is 8.53. The Bertz CT molecular complexity index is 2450. The average Bonchev–Trinajstić information content (AvgIpc) is 3.61. The molecule has 0 N–H and O–H groups in total. The first-order chi connectivity index (χ1) is 21.4. The van der Waals surface area contributed by atoms with Crippen LogP contribution in [0.1, 0.15) is 0 Å². The van der Waals surface area contributed by atoms with Gasteiger partial charge in [-0.15, -0.1) is 0 Å². The molecule has 3 heteroatoms. The maximum Gasteiger partial charge on any atom is 0.138 e. The molecule has 2 aromatic heterocycles. The van der Waals surface area contributed by atoms with Gasteiger partial charge in [0.1, 0.15) is 11.2 Å². The summed E-state index contributed by atoms with van der Waals surface area (Å²) < 4.78 is 8.89. The van der Waals surface area contributed by atoms with Gasteiger partial charge in [-0.05, 0) is 60.0 Å². The topological polar surface area (TPSA) is 21.3 Å². The molecule has 3 nitrogen and oxygen atoms in total. The fraction of sp³-hybridized carbons (Fsp3) is 0. The molecule has 0 amide bonds. The van der Waals surface area contributed by atoms with Crippen LogP contribution in [0.2, 0.25) is 0 Å². The van der Waals surface area contributed by atoms with Crippen molar-refractivity contribution in [1.29, 1.82) is 0 Å². The van der Waals surface area contributed by atoms with Gasteiger partial charge in [-0.25, -0.2) is 0 Å². The predicted molar refractivity (Wildman–Crippen MR) is 180 cm³/mol. The normalized spacial score (nSPS) is 11.7. The van der Waals surface area contributed by atoms with Gasteiger partial charge in [0.2, 0.25) is 0 Å². The van der Waals surface area contributed by atoms with E-state index in [1.807, 2.05) is 6.07 Å². The van der Waals surface area contributed by atoms with Crippen LogP contribution in [-0.2, 0) is 0 Å². The number of hydrogen-bond acceptors (Lipinski definition) is 2. The number of anilines is 3. The van der Waals surface area contributed by atoms with E-state index in [1.54, 1.807) is 0 Å². The second-order valence-electron chi connectivity index (χ2n) is 10.9. The van der Waals surface area contributed by atoms with E-state index in [1.165, 1.54) is 27.2 Å². The highest BCUT2D eigenvalue weighted by molar-refractivity contribution is 6.24. The second-order valence-corrected chi connectivity index (χ2v) is 10.9. The highest BCUT2D eigenvalue weighted by Gasteiger charge is 2.25. The van der Waals surface area contributed by atoms with Crippen LogP contribution in [0.15, 0.2) is 162 Å². The van der Waals surface area contributed by atoms with E-state index in [4.69, 9.17) is 4.42 Å². The SMILES string of the molecule is c1ccc(N(c2c3ccccc3cc3oc4ccccc4c23)c2cccc3c2c2ccccc2n3-c2ccccc2)cc1. The fourth-order valence-corrected chi connectivity index (χ4v) is 6.76. The Labute approximate surface area is 248 Å². The third kappa shape index (κ3) is 3.55. The lowest BCUT2D eigenvalue weighted by Crippen LogP contribution is -2.11. The number of fused-ring (bicyclic) bond motifs is 7. The monoisotopic (exact) mass is 550 g/mol. The van der Waals surface area contributed by atoms with E-state index in [0.717, 1.165) is 50.1 Å². The van der Waals surface area contributed by atoms with Crippen molar-refractivity contribution in [2.75, 3.05) is 4.90 Å². The summed E-state index contributed by atoms with van der Waals surface area (Å²) in [5.41, 5.74) is 8.60. The average molecular weight is 551 g/mol. The molecule has 0 atom stereocenters. The van der Waals surface area contributed by atoms with E-state index in [-0.39, 0.29) is 0 Å². The number of benzene rings is 7. The van der Waals surface area contributed by atoms with Crippen LogP contribution in [0.4, 0.5) is 17.1 Å². The Hall–Kier alpha value is -5.80. The lowest BCUT2D eigenvalue weighted by Gasteiger charge is -2.28. The molecule has 0 bridgehead atoms. The highest BCUT2D eigenvalue weighted by atomic mass is 16.3. The lowest BCUT2D eigenvalue weighted by atomic mass is 10.00. The minimum absolute atomic E-state index is 0.884. The predicted octanol–water partition coefficient (Wildman–Crippen LogP) is 11.3. The van der Waals surface area contributed by atoms with Crippen molar-refractivity contribution in [3.63, 3.8) is 0 Å². The summed E-state index contributed by atoms with van der Waals surface area (Å²) in [6.45, 7) is 0. The van der Waals surface area contributed by atoms with Crippen LogP contribution in [0.3, 0.4) is 0 Å². The van der Waals surface area contributed by atoms with Crippen LogP contribution in [0.5, 0.6) is 0 Å². The molecule has 9 rings (SSSR count). The van der Waals surface area contributed by atoms with E-state index in [0.29, 0.717) is 0 Å². The van der Waals surface area contributed by atoms with Crippen molar-refractivity contribution in [1.82, 2.24) is 4.57 Å². The molecular weight excluding hydrogens is 524 g/mol. The second kappa shape index (κ2) is 9.37. The molecule has 0 unspecified atom stereocenters. The number of para-hydroxylation sites is 4. The largest absolute Gasteiger partial charge is 0.456 e. The van der Waals surface area contributed by atoms with Crippen LogP contribution in [0.25, 0.3) is 60.2 Å². The molecule has 0 fully saturated rings. The van der Waals surface area contributed by atoms with E-state index in [2.05, 4.69) is 161 Å². The highest BCUT2D eigenvalue weighted by Crippen LogP contribution is 2.49. The quantitative estimate of drug-likeness (QED) is 0.217. The zero-order chi connectivity index (χ0) is 28.3. The van der Waals surface area contributed by atoms with E-state index < -0.39 is 0 Å². The maximum atomic E-state index is 6.51. The first kappa shape index (κ1) is 23.9. The zero-order valence-electron chi connectivity index (χ0n) is 23.3. The summed E-state index contributed by atoms with van der Waals surface area (Å²) >= 11 is 0. The third-order valence-electron chi connectivity index (χ3n) is 8.53. The van der Waals surface area contributed by atoms with E-state index in [9.17, 15) is 0 Å². The summed E-state index contributed by atoms with van der Waals surface area (Å²) in [5.74, 6) is 0. The van der Waals surface area contributed by atoms with Crippen molar-refractivity contribution >= 4 is 71.6 Å². The smallest absolute Gasteiger partial charge is 0.138 e. The van der Waals surface area contributed by atoms with Gasteiger partial charge in [-0.3, -0.25) is 0 Å². The molecule has 0 spiro atoms. The molecule has 0 radical (unpaired) electrons. The maximum absolute atomic E-state index is 6.51. The van der Waals surface area contributed by atoms with Gasteiger partial charge >= 0.3 is 0 Å². The molecule has 0 aliphatic heterocycles. The number of hydrogen-bond donors (Lipinski definition) is 0. The molecular formula is C40H26N2O. The van der Waals surface area contributed by atoms with Gasteiger partial charge < -0.3 is 13.9 Å². The molecule has 0 aliphatic carbocycles. The minimum Gasteiger partial charge on any atom is -0.456 e. The summed E-state index contributed by atoms with van der Waals surface area (Å²) in [4.78, 5) is 2.44. The molecule has 0 saturated carbocycles. The van der Waals surface area contributed by atoms with Crippen molar-refractivity contribution in [3.05, 3.63) is 158 Å². The fourth-order valence-electron chi connectivity index (χ4n) is 6.76. The number of aromatic nitrogens is 1. The van der Waals surface area contributed by atoms with E-state index >= 15 is 0 Å². The van der Waals surface area contributed by atoms with Crippen molar-refractivity contribution in [3.8, 4) is 5.69 Å². The summed E-state index contributed by atoms with van der Waals surface area (Å²) in [6.07, 6.45) is 0. The van der Waals surface area contributed by atoms with Gasteiger partial charge in [0, 0.05) is 32.9 Å². The van der Waals surface area contributed by atoms with Gasteiger partial charge in [0.15, 0.2) is 0 Å². The van der Waals surface area contributed by atoms with Gasteiger partial charge in [-0.2, -0.15) is 0 Å². The molecule has 2 heterocycles. The Morgan fingerprint density at radius 2 is 1.12 bits per heavy atom. The first-order valence-corrected chi connectivity index (χ1v) is 14.6. The van der Waals surface area contributed by atoms with Crippen molar-refractivity contribution < 1.29 is 4.42 Å². The lowest BCUT2D eigenvalue weighted by molar-refractivity contribution is 0.669. The minimum atomic E-state index is 0.884. The van der Waals surface area contributed by atoms with Gasteiger partial charge in [0.05, 0.1) is 27.8 Å². The molecule has 9 aromatic rings.